The van der Waals surface area contributed by atoms with E-state index < -0.39 is 6.10 Å². The van der Waals surface area contributed by atoms with E-state index in [2.05, 4.69) is 106 Å². The van der Waals surface area contributed by atoms with Crippen LogP contribution in [-0.4, -0.2) is 37.2 Å². The summed E-state index contributed by atoms with van der Waals surface area (Å²) >= 11 is 0. The molecule has 0 N–H and O–H groups in total. The zero-order chi connectivity index (χ0) is 45.8. The summed E-state index contributed by atoms with van der Waals surface area (Å²) in [5.74, 6) is -0.933. The van der Waals surface area contributed by atoms with Gasteiger partial charge in [-0.3, -0.25) is 14.4 Å². The van der Waals surface area contributed by atoms with E-state index in [-0.39, 0.29) is 31.1 Å². The van der Waals surface area contributed by atoms with Crippen molar-refractivity contribution in [2.24, 2.45) is 0 Å². The van der Waals surface area contributed by atoms with E-state index in [0.29, 0.717) is 19.3 Å². The summed E-state index contributed by atoms with van der Waals surface area (Å²) in [5, 5.41) is 0. The van der Waals surface area contributed by atoms with Gasteiger partial charge in [-0.15, -0.1) is 0 Å². The van der Waals surface area contributed by atoms with Gasteiger partial charge in [0.15, 0.2) is 6.10 Å². The number of carbonyl (C=O) groups is 3. The fourth-order valence-electron chi connectivity index (χ4n) is 6.99. The van der Waals surface area contributed by atoms with E-state index in [4.69, 9.17) is 14.2 Å². The van der Waals surface area contributed by atoms with Crippen LogP contribution in [-0.2, 0) is 28.6 Å². The molecule has 0 rings (SSSR count). The van der Waals surface area contributed by atoms with Gasteiger partial charge in [-0.1, -0.05) is 209 Å². The molecule has 0 amide bonds. The topological polar surface area (TPSA) is 78.9 Å². The summed E-state index contributed by atoms with van der Waals surface area (Å²) in [5.41, 5.74) is 0. The number of hydrogen-bond acceptors (Lipinski definition) is 6. The van der Waals surface area contributed by atoms with E-state index in [1.165, 1.54) is 89.9 Å². The number of rotatable bonds is 46. The maximum absolute atomic E-state index is 12.8. The van der Waals surface area contributed by atoms with Gasteiger partial charge in [0, 0.05) is 19.3 Å². The second kappa shape index (κ2) is 51.2. The average molecular weight is 877 g/mol. The first-order valence-electron chi connectivity index (χ1n) is 26.1. The normalized spacial score (nSPS) is 12.7. The molecule has 0 radical (unpaired) electrons. The van der Waals surface area contributed by atoms with Crippen LogP contribution in [0.15, 0.2) is 85.1 Å². The predicted octanol–water partition coefficient (Wildman–Crippen LogP) is 17.2. The standard InChI is InChI=1S/C57H96O6/c1-4-7-10-13-16-19-22-25-27-28-30-32-35-38-41-44-47-50-56(59)62-53-54(52-61-55(58)49-46-43-40-37-34-31-24-21-18-15-12-9-6-3)63-57(60)51-48-45-42-39-36-33-29-26-23-20-17-14-11-8-5-2/h9,12,15-21,23-27,54H,4-8,10-11,13-14,22,28-53H2,1-3H3/b12-9+,18-15+,19-16+,20-17+,24-21+,26-23+,27-25+. The van der Waals surface area contributed by atoms with Crippen molar-refractivity contribution in [1.82, 2.24) is 0 Å². The van der Waals surface area contributed by atoms with E-state index in [9.17, 15) is 14.4 Å². The summed E-state index contributed by atoms with van der Waals surface area (Å²) in [7, 11) is 0. The molecule has 0 aromatic rings. The van der Waals surface area contributed by atoms with Gasteiger partial charge in [0.1, 0.15) is 13.2 Å². The molecule has 0 aromatic carbocycles. The largest absolute Gasteiger partial charge is 0.462 e. The molecule has 360 valence electrons. The van der Waals surface area contributed by atoms with E-state index >= 15 is 0 Å². The van der Waals surface area contributed by atoms with Crippen LogP contribution in [0.1, 0.15) is 239 Å². The SMILES string of the molecule is CC/C=C/C=C/C=C/CCCCCCCC(=O)OCC(COC(=O)CCCCCCCCC/C=C/C/C=C/CCCCC)OC(=O)CCCCCCCC/C=C/C=C/CCCCC. The second-order valence-electron chi connectivity index (χ2n) is 17.1. The van der Waals surface area contributed by atoms with Crippen molar-refractivity contribution in [1.29, 1.82) is 0 Å². The van der Waals surface area contributed by atoms with Gasteiger partial charge in [0.05, 0.1) is 0 Å². The van der Waals surface area contributed by atoms with Crippen molar-refractivity contribution >= 4 is 17.9 Å². The van der Waals surface area contributed by atoms with E-state index in [0.717, 1.165) is 109 Å². The minimum atomic E-state index is -0.794. The van der Waals surface area contributed by atoms with Crippen molar-refractivity contribution in [3.05, 3.63) is 85.1 Å². The highest BCUT2D eigenvalue weighted by Gasteiger charge is 2.19. The van der Waals surface area contributed by atoms with Gasteiger partial charge in [-0.25, -0.2) is 0 Å². The number of hydrogen-bond donors (Lipinski definition) is 0. The summed E-state index contributed by atoms with van der Waals surface area (Å²) in [6.45, 7) is 6.41. The summed E-state index contributed by atoms with van der Waals surface area (Å²) < 4.78 is 16.8. The Kier molecular flexibility index (Phi) is 48.5. The number of carbonyl (C=O) groups excluding carboxylic acids is 3. The molecule has 1 unspecified atom stereocenters. The van der Waals surface area contributed by atoms with Gasteiger partial charge >= 0.3 is 17.9 Å². The number of esters is 3. The summed E-state index contributed by atoms with van der Waals surface area (Å²) in [6, 6.07) is 0. The smallest absolute Gasteiger partial charge is 0.306 e. The molecule has 1 atom stereocenters. The first-order valence-corrected chi connectivity index (χ1v) is 26.1. The molecule has 0 spiro atoms. The fourth-order valence-corrected chi connectivity index (χ4v) is 6.99. The third-order valence-electron chi connectivity index (χ3n) is 10.9. The third-order valence-corrected chi connectivity index (χ3v) is 10.9. The average Bonchev–Trinajstić information content (AvgIpc) is 3.28. The number of unbranched alkanes of at least 4 members (excludes halogenated alkanes) is 24. The molecule has 0 fully saturated rings. The molecule has 63 heavy (non-hydrogen) atoms. The Balaban J connectivity index is 4.44. The lowest BCUT2D eigenvalue weighted by atomic mass is 10.1. The molecule has 6 heteroatoms. The van der Waals surface area contributed by atoms with Gasteiger partial charge in [0.25, 0.3) is 0 Å². The lowest BCUT2D eigenvalue weighted by molar-refractivity contribution is -0.167. The van der Waals surface area contributed by atoms with Crippen LogP contribution in [0.25, 0.3) is 0 Å². The van der Waals surface area contributed by atoms with Crippen molar-refractivity contribution in [3.63, 3.8) is 0 Å². The van der Waals surface area contributed by atoms with Crippen LogP contribution in [0, 0.1) is 0 Å². The Labute approximate surface area is 388 Å². The summed E-state index contributed by atoms with van der Waals surface area (Å²) in [6.07, 6.45) is 65.6. The van der Waals surface area contributed by atoms with Crippen LogP contribution < -0.4 is 0 Å². The number of ether oxygens (including phenoxy) is 3. The minimum absolute atomic E-state index is 0.0929. The Morgan fingerprint density at radius 2 is 0.683 bits per heavy atom. The molecule has 0 bridgehead atoms. The van der Waals surface area contributed by atoms with Crippen LogP contribution in [0.5, 0.6) is 0 Å². The van der Waals surface area contributed by atoms with Gasteiger partial charge < -0.3 is 14.2 Å². The molecule has 0 saturated carbocycles. The zero-order valence-electron chi connectivity index (χ0n) is 41.1. The highest BCUT2D eigenvalue weighted by atomic mass is 16.6. The Hall–Kier alpha value is -3.41. The van der Waals surface area contributed by atoms with Gasteiger partial charge in [0.2, 0.25) is 0 Å². The van der Waals surface area contributed by atoms with Crippen LogP contribution in [0.2, 0.25) is 0 Å². The maximum Gasteiger partial charge on any atom is 0.306 e. The van der Waals surface area contributed by atoms with Crippen LogP contribution in [0.3, 0.4) is 0 Å². The molecule has 0 aliphatic rings. The third kappa shape index (κ3) is 49.5. The quantitative estimate of drug-likeness (QED) is 0.0199. The molecular formula is C57H96O6. The van der Waals surface area contributed by atoms with Crippen molar-refractivity contribution in [3.8, 4) is 0 Å². The highest BCUT2D eigenvalue weighted by Crippen LogP contribution is 2.14. The minimum Gasteiger partial charge on any atom is -0.462 e. The lowest BCUT2D eigenvalue weighted by Crippen LogP contribution is -2.30. The molecule has 0 aliphatic carbocycles. The van der Waals surface area contributed by atoms with Crippen LogP contribution in [0.4, 0.5) is 0 Å². The van der Waals surface area contributed by atoms with E-state index in [1.54, 1.807) is 0 Å². The summed E-state index contributed by atoms with van der Waals surface area (Å²) in [4.78, 5) is 38.0. The Bertz CT molecular complexity index is 1240. The lowest BCUT2D eigenvalue weighted by Gasteiger charge is -2.18. The molecule has 6 nitrogen and oxygen atoms in total. The first kappa shape index (κ1) is 59.6. The molecule has 0 aliphatic heterocycles. The predicted molar refractivity (Wildman–Crippen MR) is 270 cm³/mol. The van der Waals surface area contributed by atoms with Crippen molar-refractivity contribution in [2.45, 2.75) is 245 Å². The van der Waals surface area contributed by atoms with Crippen molar-refractivity contribution in [2.75, 3.05) is 13.2 Å². The van der Waals surface area contributed by atoms with Gasteiger partial charge in [-0.05, 0) is 96.3 Å². The van der Waals surface area contributed by atoms with Crippen molar-refractivity contribution < 1.29 is 28.6 Å². The highest BCUT2D eigenvalue weighted by molar-refractivity contribution is 5.71. The van der Waals surface area contributed by atoms with Crippen LogP contribution >= 0.6 is 0 Å². The molecular weight excluding hydrogens is 781 g/mol. The number of allylic oxidation sites excluding steroid dienone is 14. The zero-order valence-corrected chi connectivity index (χ0v) is 41.1. The molecule has 0 saturated heterocycles. The maximum atomic E-state index is 12.8. The Morgan fingerprint density at radius 1 is 0.349 bits per heavy atom. The van der Waals surface area contributed by atoms with Gasteiger partial charge in [-0.2, -0.15) is 0 Å². The van der Waals surface area contributed by atoms with E-state index in [1.807, 2.05) is 0 Å². The first-order chi connectivity index (χ1) is 31.0. The monoisotopic (exact) mass is 877 g/mol. The second-order valence-corrected chi connectivity index (χ2v) is 17.1. The fraction of sp³-hybridized carbons (Fsp3) is 0.702. The molecule has 0 aromatic heterocycles. The Morgan fingerprint density at radius 3 is 1.10 bits per heavy atom. The molecule has 0 heterocycles.